The number of carbonyl (C=O) groups excluding carboxylic acids is 3. The molecule has 2 aliphatic rings. The molecule has 2 aromatic carbocycles. The molecular formula is C28H29F3N4O5. The van der Waals surface area contributed by atoms with E-state index in [0.717, 1.165) is 17.7 Å². The molecule has 0 bridgehead atoms. The third-order valence-corrected chi connectivity index (χ3v) is 6.94. The first-order chi connectivity index (χ1) is 19.1. The highest BCUT2D eigenvalue weighted by molar-refractivity contribution is 6.31. The first-order valence-corrected chi connectivity index (χ1v) is 12.9. The Bertz CT molecular complexity index is 1310. The van der Waals surface area contributed by atoms with Crippen LogP contribution < -0.4 is 20.6 Å². The molecule has 40 heavy (non-hydrogen) atoms. The summed E-state index contributed by atoms with van der Waals surface area (Å²) in [7, 11) is 0. The Morgan fingerprint density at radius 3 is 2.45 bits per heavy atom. The van der Waals surface area contributed by atoms with Gasteiger partial charge in [0, 0.05) is 35.8 Å². The number of ether oxygens (including phenoxy) is 2. The number of nitrogens with two attached hydrogens (primary N) is 1. The molecule has 1 heterocycles. The van der Waals surface area contributed by atoms with Gasteiger partial charge in [0.2, 0.25) is 11.8 Å². The molecule has 4 rings (SSSR count). The zero-order valence-corrected chi connectivity index (χ0v) is 21.6. The zero-order chi connectivity index (χ0) is 28.7. The molecule has 1 aliphatic heterocycles. The molecule has 1 saturated heterocycles. The fourth-order valence-corrected chi connectivity index (χ4v) is 4.86. The van der Waals surface area contributed by atoms with Crippen molar-refractivity contribution in [1.29, 1.82) is 0 Å². The first kappa shape index (κ1) is 28.8. The largest absolute Gasteiger partial charge is 0.573 e. The summed E-state index contributed by atoms with van der Waals surface area (Å²) in [5, 5.41) is 6.06. The lowest BCUT2D eigenvalue weighted by Gasteiger charge is -2.27. The van der Waals surface area contributed by atoms with E-state index in [2.05, 4.69) is 20.1 Å². The molecule has 0 saturated carbocycles. The fourth-order valence-electron chi connectivity index (χ4n) is 4.86. The minimum Gasteiger partial charge on any atom is -0.493 e. The maximum atomic E-state index is 13.2. The molecule has 2 aromatic rings. The second kappa shape index (κ2) is 12.8. The number of piperidine rings is 1. The van der Waals surface area contributed by atoms with E-state index in [1.165, 1.54) is 18.3 Å². The van der Waals surface area contributed by atoms with E-state index in [0.29, 0.717) is 67.7 Å². The van der Waals surface area contributed by atoms with Crippen LogP contribution in [-0.2, 0) is 16.0 Å². The molecule has 9 nitrogen and oxygen atoms in total. The molecule has 1 fully saturated rings. The average molecular weight is 559 g/mol. The Morgan fingerprint density at radius 1 is 1.02 bits per heavy atom. The maximum absolute atomic E-state index is 13.2. The van der Waals surface area contributed by atoms with Crippen LogP contribution in [0.2, 0.25) is 0 Å². The average Bonchev–Trinajstić information content (AvgIpc) is 2.91. The molecule has 1 aliphatic carbocycles. The molecule has 0 aromatic heterocycles. The molecule has 3 N–H and O–H groups in total. The van der Waals surface area contributed by atoms with Crippen molar-refractivity contribution in [2.75, 3.05) is 6.61 Å². The van der Waals surface area contributed by atoms with E-state index in [-0.39, 0.29) is 41.8 Å². The van der Waals surface area contributed by atoms with Crippen molar-refractivity contribution in [3.8, 4) is 11.5 Å². The van der Waals surface area contributed by atoms with Crippen LogP contribution in [0.3, 0.4) is 0 Å². The van der Waals surface area contributed by atoms with E-state index >= 15 is 0 Å². The van der Waals surface area contributed by atoms with Crippen molar-refractivity contribution < 1.29 is 37.0 Å². The van der Waals surface area contributed by atoms with Crippen molar-refractivity contribution in [3.63, 3.8) is 0 Å². The summed E-state index contributed by atoms with van der Waals surface area (Å²) in [5.74, 6) is 4.81. The normalized spacial score (nSPS) is 19.9. The number of hydrogen-bond acceptors (Lipinski definition) is 8. The quantitative estimate of drug-likeness (QED) is 0.189. The van der Waals surface area contributed by atoms with Crippen molar-refractivity contribution in [3.05, 3.63) is 53.6 Å². The smallest absolute Gasteiger partial charge is 0.493 e. The number of amides is 2. The van der Waals surface area contributed by atoms with Crippen LogP contribution in [-0.4, -0.2) is 42.5 Å². The van der Waals surface area contributed by atoms with Gasteiger partial charge >= 0.3 is 6.36 Å². The standard InChI is InChI=1S/C28H29F3N4O5/c29-28(30,31)40-21-10-8-19(9-11-21)33-16-20(35-32)14-15-39-24-3-1-2-23-22(24)12-6-17(26(23)37)4-5-18-7-13-25(36)34-27(18)38/h1-3,8-11,16-18H,4-7,12-15,32H2,(H,34,36,38). The summed E-state index contributed by atoms with van der Waals surface area (Å²) >= 11 is 0. The number of hydrazone groups is 1. The van der Waals surface area contributed by atoms with Gasteiger partial charge in [-0.1, -0.05) is 12.1 Å². The number of Topliss-reactive ketones (excluding diaryl/α,β-unsaturated/α-hetero) is 1. The Labute approximate surface area is 228 Å². The molecule has 2 amide bonds. The molecular weight excluding hydrogens is 529 g/mol. The minimum atomic E-state index is -4.77. The van der Waals surface area contributed by atoms with Crippen molar-refractivity contribution >= 4 is 35.2 Å². The molecule has 12 heteroatoms. The first-order valence-electron chi connectivity index (χ1n) is 12.9. The predicted octanol–water partition coefficient (Wildman–Crippen LogP) is 4.65. The van der Waals surface area contributed by atoms with Gasteiger partial charge in [-0.05, 0) is 62.4 Å². The van der Waals surface area contributed by atoms with Gasteiger partial charge < -0.3 is 15.3 Å². The van der Waals surface area contributed by atoms with Crippen LogP contribution >= 0.6 is 0 Å². The number of alkyl halides is 3. The van der Waals surface area contributed by atoms with Gasteiger partial charge in [0.1, 0.15) is 11.5 Å². The number of halogens is 3. The predicted molar refractivity (Wildman–Crippen MR) is 141 cm³/mol. The topological polar surface area (TPSA) is 132 Å². The maximum Gasteiger partial charge on any atom is 0.573 e. The van der Waals surface area contributed by atoms with Crippen LogP contribution in [0.1, 0.15) is 54.4 Å². The van der Waals surface area contributed by atoms with Gasteiger partial charge in [0.15, 0.2) is 5.78 Å². The number of carbonyl (C=O) groups is 3. The number of imide groups is 1. The lowest BCUT2D eigenvalue weighted by molar-refractivity contribution is -0.274. The van der Waals surface area contributed by atoms with Crippen LogP contribution in [0, 0.1) is 11.8 Å². The summed E-state index contributed by atoms with van der Waals surface area (Å²) in [6, 6.07) is 10.4. The minimum absolute atomic E-state index is 0.0296. The summed E-state index contributed by atoms with van der Waals surface area (Å²) < 4.78 is 46.7. The Morgan fingerprint density at radius 2 is 1.75 bits per heavy atom. The highest BCUT2D eigenvalue weighted by atomic mass is 19.4. The van der Waals surface area contributed by atoms with Gasteiger partial charge in [-0.3, -0.25) is 24.7 Å². The highest BCUT2D eigenvalue weighted by Crippen LogP contribution is 2.35. The van der Waals surface area contributed by atoms with E-state index in [1.54, 1.807) is 18.2 Å². The summed E-state index contributed by atoms with van der Waals surface area (Å²) in [6.07, 6.45) is 0.241. The van der Waals surface area contributed by atoms with Gasteiger partial charge in [-0.25, -0.2) is 0 Å². The number of nitrogens with zero attached hydrogens (tertiary/aromatic N) is 2. The number of nitrogens with one attached hydrogen (secondary N) is 1. The summed E-state index contributed by atoms with van der Waals surface area (Å²) in [6.45, 7) is 0.212. The number of hydrogen-bond donors (Lipinski definition) is 2. The molecule has 212 valence electrons. The SMILES string of the molecule is NN=C(C=Nc1ccc(OC(F)(F)F)cc1)CCOc1cccc2c1CCC(CCC1CCC(=O)NC1=O)C2=O. The van der Waals surface area contributed by atoms with Gasteiger partial charge in [-0.15, -0.1) is 13.2 Å². The molecule has 0 radical (unpaired) electrons. The fraction of sp³-hybridized carbons (Fsp3) is 0.393. The monoisotopic (exact) mass is 558 g/mol. The third kappa shape index (κ3) is 7.67. The van der Waals surface area contributed by atoms with Crippen LogP contribution in [0.4, 0.5) is 18.9 Å². The third-order valence-electron chi connectivity index (χ3n) is 6.94. The van der Waals surface area contributed by atoms with E-state index in [9.17, 15) is 27.6 Å². The Balaban J connectivity index is 1.29. The molecule has 2 unspecified atom stereocenters. The number of aliphatic imine (C=N–C) groups is 1. The number of fused-ring (bicyclic) bond motifs is 1. The lowest BCUT2D eigenvalue weighted by Crippen LogP contribution is -2.41. The van der Waals surface area contributed by atoms with Crippen LogP contribution in [0.5, 0.6) is 11.5 Å². The number of rotatable bonds is 10. The van der Waals surface area contributed by atoms with Crippen LogP contribution in [0.15, 0.2) is 52.6 Å². The second-order valence-electron chi connectivity index (χ2n) is 9.63. The van der Waals surface area contributed by atoms with Crippen molar-refractivity contribution in [1.82, 2.24) is 5.32 Å². The second-order valence-corrected chi connectivity index (χ2v) is 9.63. The van der Waals surface area contributed by atoms with E-state index in [1.807, 2.05) is 0 Å². The van der Waals surface area contributed by atoms with Crippen molar-refractivity contribution in [2.24, 2.45) is 27.8 Å². The van der Waals surface area contributed by atoms with E-state index in [4.69, 9.17) is 10.6 Å². The lowest BCUT2D eigenvalue weighted by atomic mass is 9.78. The molecule has 0 spiro atoms. The number of ketones is 1. The number of benzene rings is 2. The van der Waals surface area contributed by atoms with Gasteiger partial charge in [0.05, 0.1) is 24.2 Å². The summed E-state index contributed by atoms with van der Waals surface area (Å²) in [4.78, 5) is 40.8. The summed E-state index contributed by atoms with van der Waals surface area (Å²) in [5.41, 5.74) is 2.25. The Kier molecular flexibility index (Phi) is 9.18. The molecule has 2 atom stereocenters. The van der Waals surface area contributed by atoms with Gasteiger partial charge in [0.25, 0.3) is 0 Å². The highest BCUT2D eigenvalue weighted by Gasteiger charge is 2.33. The van der Waals surface area contributed by atoms with Gasteiger partial charge in [-0.2, -0.15) is 5.10 Å². The van der Waals surface area contributed by atoms with Crippen molar-refractivity contribution in [2.45, 2.75) is 51.3 Å². The van der Waals surface area contributed by atoms with E-state index < -0.39 is 6.36 Å². The Hall–Kier alpha value is -4.22. The zero-order valence-electron chi connectivity index (χ0n) is 21.6. The van der Waals surface area contributed by atoms with Crippen LogP contribution in [0.25, 0.3) is 0 Å².